The molecule has 1 aliphatic carbocycles. The number of sulfonamides is 1. The van der Waals surface area contributed by atoms with Gasteiger partial charge in [-0.25, -0.2) is 13.6 Å². The van der Waals surface area contributed by atoms with E-state index in [1.807, 2.05) is 0 Å². The van der Waals surface area contributed by atoms with Crippen molar-refractivity contribution in [3.63, 3.8) is 0 Å². The lowest BCUT2D eigenvalue weighted by Gasteiger charge is -2.15. The largest absolute Gasteiger partial charge is 0.495 e. The summed E-state index contributed by atoms with van der Waals surface area (Å²) in [6.45, 7) is 0. The van der Waals surface area contributed by atoms with Crippen molar-refractivity contribution < 1.29 is 22.7 Å². The smallest absolute Gasteiger partial charge is 0.261 e. The highest BCUT2D eigenvalue weighted by Crippen LogP contribution is 2.26. The zero-order valence-electron chi connectivity index (χ0n) is 14.4. The fourth-order valence-electron chi connectivity index (χ4n) is 2.92. The fraction of sp³-hybridized carbons (Fsp3) is 0.235. The minimum absolute atomic E-state index is 0.0210. The minimum atomic E-state index is -4.08. The van der Waals surface area contributed by atoms with Gasteiger partial charge in [-0.1, -0.05) is 0 Å². The third-order valence-electron chi connectivity index (χ3n) is 4.23. The van der Waals surface area contributed by atoms with Crippen LogP contribution in [0, 0.1) is 0 Å². The summed E-state index contributed by atoms with van der Waals surface area (Å²) in [5.74, 6) is -0.891. The van der Waals surface area contributed by atoms with Crippen LogP contribution in [0.15, 0.2) is 34.0 Å². The molecule has 0 fully saturated rings. The molecule has 2 aromatic rings. The molecular formula is C17H17N3O6S. The maximum Gasteiger partial charge on any atom is 0.261 e. The van der Waals surface area contributed by atoms with E-state index < -0.39 is 21.5 Å². The number of aromatic nitrogens is 1. The zero-order chi connectivity index (χ0) is 19.8. The third-order valence-corrected chi connectivity index (χ3v) is 5.16. The summed E-state index contributed by atoms with van der Waals surface area (Å²) in [4.78, 5) is 39.0. The van der Waals surface area contributed by atoms with Gasteiger partial charge in [0.25, 0.3) is 11.5 Å². The number of fused-ring (bicyclic) bond motifs is 1. The Morgan fingerprint density at radius 3 is 2.63 bits per heavy atom. The average Bonchev–Trinajstić information content (AvgIpc) is 2.60. The Bertz CT molecular complexity index is 1100. The molecule has 142 valence electrons. The van der Waals surface area contributed by atoms with Crippen molar-refractivity contribution in [2.75, 3.05) is 12.4 Å². The fourth-order valence-corrected chi connectivity index (χ4v) is 3.64. The Labute approximate surface area is 154 Å². The molecule has 27 heavy (non-hydrogen) atoms. The summed E-state index contributed by atoms with van der Waals surface area (Å²) in [5.41, 5.74) is 0.0890. The number of aromatic amines is 1. The Hall–Kier alpha value is -2.98. The highest BCUT2D eigenvalue weighted by atomic mass is 32.2. The van der Waals surface area contributed by atoms with Crippen LogP contribution in [0.3, 0.4) is 0 Å². The van der Waals surface area contributed by atoms with Gasteiger partial charge in [0.1, 0.15) is 16.2 Å². The Balaban J connectivity index is 1.96. The summed E-state index contributed by atoms with van der Waals surface area (Å²) in [5, 5.41) is 7.59. The van der Waals surface area contributed by atoms with Crippen LogP contribution in [0.1, 0.15) is 39.3 Å². The molecule has 10 heteroatoms. The van der Waals surface area contributed by atoms with E-state index in [1.54, 1.807) is 0 Å². The molecule has 0 atom stereocenters. The second-order valence-electron chi connectivity index (χ2n) is 6.05. The number of nitrogens with two attached hydrogens (primary N) is 1. The molecule has 0 radical (unpaired) electrons. The van der Waals surface area contributed by atoms with Crippen LogP contribution >= 0.6 is 0 Å². The van der Waals surface area contributed by atoms with Gasteiger partial charge < -0.3 is 15.0 Å². The Kier molecular flexibility index (Phi) is 4.85. The van der Waals surface area contributed by atoms with Gasteiger partial charge in [-0.05, 0) is 37.1 Å². The van der Waals surface area contributed by atoms with Gasteiger partial charge >= 0.3 is 0 Å². The van der Waals surface area contributed by atoms with Crippen molar-refractivity contribution in [1.29, 1.82) is 0 Å². The van der Waals surface area contributed by atoms with Crippen LogP contribution in [-0.2, 0) is 16.4 Å². The van der Waals surface area contributed by atoms with Gasteiger partial charge in [0.2, 0.25) is 10.0 Å². The number of anilines is 1. The van der Waals surface area contributed by atoms with Crippen LogP contribution in [0.4, 0.5) is 5.69 Å². The normalized spacial score (nSPS) is 13.8. The standard InChI is InChI=1S/C17H17N3O6S/c1-26-14-6-5-9(7-15(14)27(18,24)25)19-16(22)11-8-10-12(20-17(11)23)3-2-4-13(10)21/h5-8H,2-4H2,1H3,(H,19,22)(H,20,23)(H2,18,24,25). The summed E-state index contributed by atoms with van der Waals surface area (Å²) in [6.07, 6.45) is 1.57. The molecule has 4 N–H and O–H groups in total. The van der Waals surface area contributed by atoms with Crippen molar-refractivity contribution in [2.24, 2.45) is 5.14 Å². The van der Waals surface area contributed by atoms with E-state index >= 15 is 0 Å². The van der Waals surface area contributed by atoms with E-state index in [1.165, 1.54) is 25.3 Å². The first-order valence-electron chi connectivity index (χ1n) is 8.02. The Morgan fingerprint density at radius 1 is 1.22 bits per heavy atom. The first kappa shape index (κ1) is 18.8. The monoisotopic (exact) mass is 391 g/mol. The number of carbonyl (C=O) groups is 2. The zero-order valence-corrected chi connectivity index (χ0v) is 15.2. The van der Waals surface area contributed by atoms with E-state index in [2.05, 4.69) is 10.3 Å². The average molecular weight is 391 g/mol. The molecule has 1 aromatic heterocycles. The van der Waals surface area contributed by atoms with Crippen LogP contribution < -0.4 is 20.8 Å². The van der Waals surface area contributed by atoms with Crippen LogP contribution in [0.2, 0.25) is 0 Å². The van der Waals surface area contributed by atoms with Gasteiger partial charge in [0.05, 0.1) is 7.11 Å². The third kappa shape index (κ3) is 3.76. The number of rotatable bonds is 4. The number of ketones is 1. The van der Waals surface area contributed by atoms with Crippen LogP contribution in [-0.4, -0.2) is 32.2 Å². The number of hydrogen-bond donors (Lipinski definition) is 3. The van der Waals surface area contributed by atoms with Crippen molar-refractivity contribution in [3.8, 4) is 5.75 Å². The summed E-state index contributed by atoms with van der Waals surface area (Å²) in [7, 11) is -2.80. The number of carbonyl (C=O) groups excluding carboxylic acids is 2. The van der Waals surface area contributed by atoms with E-state index in [4.69, 9.17) is 9.88 Å². The van der Waals surface area contributed by atoms with E-state index in [0.29, 0.717) is 30.5 Å². The summed E-state index contributed by atoms with van der Waals surface area (Å²) in [6, 6.07) is 5.14. The SMILES string of the molecule is COc1ccc(NC(=O)c2cc3c([nH]c2=O)CCCC3=O)cc1S(N)(=O)=O. The molecular weight excluding hydrogens is 374 g/mol. The number of primary sulfonamides is 1. The van der Waals surface area contributed by atoms with Crippen molar-refractivity contribution in [1.82, 2.24) is 4.98 Å². The molecule has 0 saturated carbocycles. The molecule has 1 heterocycles. The molecule has 1 aliphatic rings. The predicted octanol–water partition coefficient (Wildman–Crippen LogP) is 0.802. The molecule has 0 bridgehead atoms. The lowest BCUT2D eigenvalue weighted by molar-refractivity contribution is 0.0971. The number of aryl methyl sites for hydroxylation is 1. The highest BCUT2D eigenvalue weighted by molar-refractivity contribution is 7.89. The molecule has 1 aromatic carbocycles. The minimum Gasteiger partial charge on any atom is -0.495 e. The second kappa shape index (κ2) is 6.97. The van der Waals surface area contributed by atoms with E-state index in [9.17, 15) is 22.8 Å². The number of pyridine rings is 1. The predicted molar refractivity (Wildman–Crippen MR) is 96.7 cm³/mol. The highest BCUT2D eigenvalue weighted by Gasteiger charge is 2.23. The summed E-state index contributed by atoms with van der Waals surface area (Å²) >= 11 is 0. The number of H-pyrrole nitrogens is 1. The number of ether oxygens (including phenoxy) is 1. The molecule has 0 aliphatic heterocycles. The van der Waals surface area contributed by atoms with Gasteiger partial charge in [-0.3, -0.25) is 14.4 Å². The van der Waals surface area contributed by atoms with Gasteiger partial charge in [0, 0.05) is 23.4 Å². The topological polar surface area (TPSA) is 148 Å². The van der Waals surface area contributed by atoms with Crippen LogP contribution in [0.5, 0.6) is 5.75 Å². The van der Waals surface area contributed by atoms with Gasteiger partial charge in [0.15, 0.2) is 5.78 Å². The lowest BCUT2D eigenvalue weighted by Crippen LogP contribution is -2.27. The number of hydrogen-bond acceptors (Lipinski definition) is 6. The maximum atomic E-state index is 12.5. The van der Waals surface area contributed by atoms with Crippen LogP contribution in [0.25, 0.3) is 0 Å². The maximum absolute atomic E-state index is 12.5. The summed E-state index contributed by atoms with van der Waals surface area (Å²) < 4.78 is 28.3. The number of amides is 1. The lowest BCUT2D eigenvalue weighted by atomic mass is 9.93. The number of nitrogens with one attached hydrogen (secondary N) is 2. The number of benzene rings is 1. The van der Waals surface area contributed by atoms with Gasteiger partial charge in [-0.15, -0.1) is 0 Å². The molecule has 9 nitrogen and oxygen atoms in total. The molecule has 1 amide bonds. The first-order chi connectivity index (χ1) is 12.7. The van der Waals surface area contributed by atoms with Crippen molar-refractivity contribution in [3.05, 3.63) is 51.4 Å². The van der Waals surface area contributed by atoms with Crippen molar-refractivity contribution in [2.45, 2.75) is 24.2 Å². The molecule has 0 saturated heterocycles. The van der Waals surface area contributed by atoms with E-state index in [-0.39, 0.29) is 27.7 Å². The van der Waals surface area contributed by atoms with Gasteiger partial charge in [-0.2, -0.15) is 0 Å². The second-order valence-corrected chi connectivity index (χ2v) is 7.58. The number of methoxy groups -OCH3 is 1. The number of Topliss-reactive ketones (excluding diaryl/α,β-unsaturated/α-hetero) is 1. The molecule has 3 rings (SSSR count). The first-order valence-corrected chi connectivity index (χ1v) is 9.57. The quantitative estimate of drug-likeness (QED) is 0.702. The Morgan fingerprint density at radius 2 is 1.96 bits per heavy atom. The molecule has 0 spiro atoms. The molecule has 0 unspecified atom stereocenters. The van der Waals surface area contributed by atoms with Crippen molar-refractivity contribution >= 4 is 27.4 Å². The van der Waals surface area contributed by atoms with E-state index in [0.717, 1.165) is 6.07 Å².